The zero-order valence-corrected chi connectivity index (χ0v) is 12.4. The highest BCUT2D eigenvalue weighted by molar-refractivity contribution is 8.00. The molecule has 1 aromatic carbocycles. The Labute approximate surface area is 124 Å². The van der Waals surface area contributed by atoms with Gasteiger partial charge in [-0.2, -0.15) is 0 Å². The standard InChI is InChI=1S/C16H19NO2S/c1-12-11-13(5-4-9-18)7-8-14(12)17-16(19)15-6-2-3-10-20-15/h7-8,11,15,18H,2-3,6,9-10H2,1H3,(H,17,19). The van der Waals surface area contributed by atoms with Gasteiger partial charge in [0.25, 0.3) is 0 Å². The van der Waals surface area contributed by atoms with Gasteiger partial charge < -0.3 is 10.4 Å². The Balaban J connectivity index is 2.03. The van der Waals surface area contributed by atoms with Crippen LogP contribution in [0.4, 0.5) is 5.69 Å². The van der Waals surface area contributed by atoms with Crippen LogP contribution in [0.25, 0.3) is 0 Å². The number of nitrogens with one attached hydrogen (secondary N) is 1. The first-order chi connectivity index (χ1) is 9.70. The van der Waals surface area contributed by atoms with Crippen molar-refractivity contribution in [1.82, 2.24) is 0 Å². The van der Waals surface area contributed by atoms with E-state index in [-0.39, 0.29) is 17.8 Å². The third-order valence-electron chi connectivity index (χ3n) is 3.27. The summed E-state index contributed by atoms with van der Waals surface area (Å²) in [7, 11) is 0. The second-order valence-electron chi connectivity index (χ2n) is 4.83. The van der Waals surface area contributed by atoms with Crippen LogP contribution < -0.4 is 5.32 Å². The van der Waals surface area contributed by atoms with Crippen molar-refractivity contribution in [3.05, 3.63) is 29.3 Å². The third-order valence-corrected chi connectivity index (χ3v) is 4.64. The summed E-state index contributed by atoms with van der Waals surface area (Å²) < 4.78 is 0. The minimum absolute atomic E-state index is 0.0806. The Hall–Kier alpha value is -1.44. The molecule has 1 aliphatic rings. The van der Waals surface area contributed by atoms with Crippen molar-refractivity contribution in [2.24, 2.45) is 0 Å². The lowest BCUT2D eigenvalue weighted by Crippen LogP contribution is -2.27. The largest absolute Gasteiger partial charge is 0.384 e. The number of carbonyl (C=O) groups excluding carboxylic acids is 1. The van der Waals surface area contributed by atoms with Crippen LogP contribution in [-0.4, -0.2) is 28.6 Å². The number of anilines is 1. The molecule has 20 heavy (non-hydrogen) atoms. The number of hydrogen-bond donors (Lipinski definition) is 2. The molecular weight excluding hydrogens is 270 g/mol. The van der Waals surface area contributed by atoms with E-state index in [1.165, 1.54) is 6.42 Å². The monoisotopic (exact) mass is 289 g/mol. The van der Waals surface area contributed by atoms with Gasteiger partial charge in [-0.3, -0.25) is 4.79 Å². The molecule has 1 aromatic rings. The topological polar surface area (TPSA) is 49.3 Å². The lowest BCUT2D eigenvalue weighted by molar-refractivity contribution is -0.115. The van der Waals surface area contributed by atoms with E-state index in [0.29, 0.717) is 0 Å². The van der Waals surface area contributed by atoms with Gasteiger partial charge in [0.2, 0.25) is 5.91 Å². The molecule has 0 radical (unpaired) electrons. The summed E-state index contributed by atoms with van der Waals surface area (Å²) >= 11 is 1.75. The van der Waals surface area contributed by atoms with E-state index >= 15 is 0 Å². The quantitative estimate of drug-likeness (QED) is 0.823. The average Bonchev–Trinajstić information content (AvgIpc) is 2.48. The van der Waals surface area contributed by atoms with Gasteiger partial charge in [-0.25, -0.2) is 0 Å². The van der Waals surface area contributed by atoms with Gasteiger partial charge in [-0.1, -0.05) is 18.3 Å². The van der Waals surface area contributed by atoms with Gasteiger partial charge in [-0.05, 0) is 49.3 Å². The number of hydrogen-bond acceptors (Lipinski definition) is 3. The Kier molecular flexibility index (Phi) is 5.51. The molecule has 1 fully saturated rings. The fraction of sp³-hybridized carbons (Fsp3) is 0.438. The molecule has 106 valence electrons. The Bertz CT molecular complexity index is 539. The maximum absolute atomic E-state index is 12.2. The molecule has 2 N–H and O–H groups in total. The average molecular weight is 289 g/mol. The lowest BCUT2D eigenvalue weighted by atomic mass is 10.1. The number of carbonyl (C=O) groups is 1. The lowest BCUT2D eigenvalue weighted by Gasteiger charge is -2.21. The van der Waals surface area contributed by atoms with E-state index < -0.39 is 0 Å². The first-order valence-corrected chi connectivity index (χ1v) is 7.88. The van der Waals surface area contributed by atoms with Crippen molar-refractivity contribution in [3.8, 4) is 11.8 Å². The van der Waals surface area contributed by atoms with E-state index in [4.69, 9.17) is 5.11 Å². The number of thioether (sulfide) groups is 1. The molecular formula is C16H19NO2S. The summed E-state index contributed by atoms with van der Waals surface area (Å²) in [6.07, 6.45) is 3.32. The SMILES string of the molecule is Cc1cc(C#CCO)ccc1NC(=O)C1CCCCS1. The van der Waals surface area contributed by atoms with Crippen LogP contribution in [-0.2, 0) is 4.79 Å². The zero-order chi connectivity index (χ0) is 14.4. The van der Waals surface area contributed by atoms with E-state index in [1.807, 2.05) is 25.1 Å². The predicted octanol–water partition coefficient (Wildman–Crippen LogP) is 2.56. The molecule has 1 unspecified atom stereocenters. The van der Waals surface area contributed by atoms with Gasteiger partial charge in [0.1, 0.15) is 6.61 Å². The highest BCUT2D eigenvalue weighted by atomic mass is 32.2. The van der Waals surface area contributed by atoms with Crippen molar-refractivity contribution in [2.45, 2.75) is 31.4 Å². The zero-order valence-electron chi connectivity index (χ0n) is 11.6. The molecule has 2 rings (SSSR count). The number of aryl methyl sites for hydroxylation is 1. The van der Waals surface area contributed by atoms with E-state index in [1.54, 1.807) is 11.8 Å². The van der Waals surface area contributed by atoms with Crippen LogP contribution in [0.1, 0.15) is 30.4 Å². The van der Waals surface area contributed by atoms with Crippen LogP contribution in [0.2, 0.25) is 0 Å². The number of amides is 1. The molecule has 3 nitrogen and oxygen atoms in total. The fourth-order valence-electron chi connectivity index (χ4n) is 2.18. The first-order valence-electron chi connectivity index (χ1n) is 6.83. The van der Waals surface area contributed by atoms with Crippen molar-refractivity contribution in [1.29, 1.82) is 0 Å². The molecule has 0 aliphatic carbocycles. The highest BCUT2D eigenvalue weighted by Gasteiger charge is 2.21. The minimum Gasteiger partial charge on any atom is -0.384 e. The highest BCUT2D eigenvalue weighted by Crippen LogP contribution is 2.26. The number of benzene rings is 1. The van der Waals surface area contributed by atoms with Gasteiger partial charge in [0, 0.05) is 11.3 Å². The van der Waals surface area contributed by atoms with Crippen molar-refractivity contribution < 1.29 is 9.90 Å². The van der Waals surface area contributed by atoms with Crippen molar-refractivity contribution in [3.63, 3.8) is 0 Å². The van der Waals surface area contributed by atoms with Crippen LogP contribution in [0, 0.1) is 18.8 Å². The summed E-state index contributed by atoms with van der Waals surface area (Å²) in [5.41, 5.74) is 2.68. The minimum atomic E-state index is -0.142. The molecule has 0 aromatic heterocycles. The normalized spacial score (nSPS) is 18.0. The number of rotatable bonds is 2. The number of aliphatic hydroxyl groups excluding tert-OH is 1. The van der Waals surface area contributed by atoms with Crippen molar-refractivity contribution in [2.75, 3.05) is 17.7 Å². The van der Waals surface area contributed by atoms with E-state index in [2.05, 4.69) is 17.2 Å². The Morgan fingerprint density at radius 1 is 1.50 bits per heavy atom. The van der Waals surface area contributed by atoms with Gasteiger partial charge in [0.05, 0.1) is 5.25 Å². The summed E-state index contributed by atoms with van der Waals surface area (Å²) in [4.78, 5) is 12.2. The molecule has 1 heterocycles. The summed E-state index contributed by atoms with van der Waals surface area (Å²) in [6.45, 7) is 1.81. The van der Waals surface area contributed by atoms with Crippen molar-refractivity contribution >= 4 is 23.4 Å². The van der Waals surface area contributed by atoms with Crippen LogP contribution in [0.5, 0.6) is 0 Å². The van der Waals surface area contributed by atoms with E-state index in [0.717, 1.165) is 35.4 Å². The molecule has 0 saturated carbocycles. The second-order valence-corrected chi connectivity index (χ2v) is 6.14. The molecule has 1 saturated heterocycles. The summed E-state index contributed by atoms with van der Waals surface area (Å²) in [5.74, 6) is 6.66. The molecule has 1 aliphatic heterocycles. The van der Waals surface area contributed by atoms with Gasteiger partial charge in [-0.15, -0.1) is 11.8 Å². The van der Waals surface area contributed by atoms with Crippen LogP contribution in [0.3, 0.4) is 0 Å². The molecule has 4 heteroatoms. The fourth-order valence-corrected chi connectivity index (χ4v) is 3.38. The Morgan fingerprint density at radius 3 is 3.00 bits per heavy atom. The Morgan fingerprint density at radius 2 is 2.35 bits per heavy atom. The van der Waals surface area contributed by atoms with Crippen LogP contribution in [0.15, 0.2) is 18.2 Å². The predicted molar refractivity (Wildman–Crippen MR) is 83.9 cm³/mol. The first kappa shape index (κ1) is 15.0. The second kappa shape index (κ2) is 7.37. The smallest absolute Gasteiger partial charge is 0.237 e. The third kappa shape index (κ3) is 4.03. The van der Waals surface area contributed by atoms with Gasteiger partial charge >= 0.3 is 0 Å². The summed E-state index contributed by atoms with van der Waals surface area (Å²) in [5, 5.41) is 11.8. The molecule has 0 spiro atoms. The van der Waals surface area contributed by atoms with Crippen LogP contribution >= 0.6 is 11.8 Å². The van der Waals surface area contributed by atoms with Gasteiger partial charge in [0.15, 0.2) is 0 Å². The molecule has 1 atom stereocenters. The number of aliphatic hydroxyl groups is 1. The molecule has 0 bridgehead atoms. The summed E-state index contributed by atoms with van der Waals surface area (Å²) in [6, 6.07) is 5.66. The molecule has 1 amide bonds. The maximum Gasteiger partial charge on any atom is 0.237 e. The van der Waals surface area contributed by atoms with E-state index in [9.17, 15) is 4.79 Å². The maximum atomic E-state index is 12.2.